The minimum absolute atomic E-state index is 0.0434. The first-order valence-electron chi connectivity index (χ1n) is 6.14. The zero-order chi connectivity index (χ0) is 14.7. The van der Waals surface area contributed by atoms with Crippen LogP contribution in [0.3, 0.4) is 0 Å². The minimum Gasteiger partial charge on any atom is -0.335 e. The summed E-state index contributed by atoms with van der Waals surface area (Å²) in [6.07, 6.45) is 1.44. The molecule has 1 aromatic heterocycles. The molecule has 1 atom stereocenters. The van der Waals surface area contributed by atoms with Crippen LogP contribution in [-0.2, 0) is 0 Å². The molecule has 3 nitrogen and oxygen atoms in total. The predicted octanol–water partition coefficient (Wildman–Crippen LogP) is 4.22. The van der Waals surface area contributed by atoms with Gasteiger partial charge >= 0.3 is 0 Å². The smallest absolute Gasteiger partial charge is 0.255 e. The van der Waals surface area contributed by atoms with E-state index in [-0.39, 0.29) is 22.1 Å². The number of rotatable bonds is 3. The van der Waals surface area contributed by atoms with Crippen molar-refractivity contribution < 1.29 is 4.79 Å². The van der Waals surface area contributed by atoms with E-state index >= 15 is 0 Å². The largest absolute Gasteiger partial charge is 0.335 e. The molecule has 2 rings (SSSR count). The highest BCUT2D eigenvalue weighted by Gasteiger charge is 2.19. The zero-order valence-corrected chi connectivity index (χ0v) is 12.7. The maximum Gasteiger partial charge on any atom is 0.255 e. The van der Waals surface area contributed by atoms with Gasteiger partial charge in [0, 0.05) is 13.2 Å². The molecule has 0 spiro atoms. The van der Waals surface area contributed by atoms with Crippen LogP contribution in [-0.4, -0.2) is 22.8 Å². The van der Waals surface area contributed by atoms with Gasteiger partial charge in [0.2, 0.25) is 0 Å². The highest BCUT2D eigenvalue weighted by Crippen LogP contribution is 2.23. The summed E-state index contributed by atoms with van der Waals surface area (Å²) in [6.45, 7) is 1.97. The highest BCUT2D eigenvalue weighted by molar-refractivity contribution is 6.41. The summed E-state index contributed by atoms with van der Waals surface area (Å²) < 4.78 is 0. The fourth-order valence-corrected chi connectivity index (χ4v) is 2.14. The molecular formula is C15H14Cl2N2O. The summed E-state index contributed by atoms with van der Waals surface area (Å²) in [4.78, 5) is 18.0. The van der Waals surface area contributed by atoms with Crippen LogP contribution in [0.5, 0.6) is 0 Å². The monoisotopic (exact) mass is 308 g/mol. The van der Waals surface area contributed by atoms with Gasteiger partial charge in [0.1, 0.15) is 5.15 Å². The van der Waals surface area contributed by atoms with Gasteiger partial charge in [-0.3, -0.25) is 4.79 Å². The molecule has 1 aromatic carbocycles. The van der Waals surface area contributed by atoms with Crippen molar-refractivity contribution in [2.24, 2.45) is 0 Å². The average Bonchev–Trinajstić information content (AvgIpc) is 2.48. The van der Waals surface area contributed by atoms with E-state index in [1.165, 1.54) is 12.3 Å². The Hall–Kier alpha value is -1.58. The molecule has 104 valence electrons. The van der Waals surface area contributed by atoms with Gasteiger partial charge in [-0.05, 0) is 18.6 Å². The second-order valence-electron chi connectivity index (χ2n) is 4.50. The Morgan fingerprint density at radius 3 is 2.50 bits per heavy atom. The van der Waals surface area contributed by atoms with Crippen molar-refractivity contribution in [3.05, 3.63) is 63.9 Å². The molecule has 0 saturated carbocycles. The number of amides is 1. The molecule has 1 heterocycles. The topological polar surface area (TPSA) is 33.2 Å². The molecular weight excluding hydrogens is 295 g/mol. The molecule has 5 heteroatoms. The minimum atomic E-state index is -0.146. The van der Waals surface area contributed by atoms with Gasteiger partial charge in [0.25, 0.3) is 5.91 Å². The first kappa shape index (κ1) is 14.8. The lowest BCUT2D eigenvalue weighted by Crippen LogP contribution is -2.29. The third kappa shape index (κ3) is 3.11. The van der Waals surface area contributed by atoms with Gasteiger partial charge in [-0.25, -0.2) is 4.98 Å². The number of nitrogens with zero attached hydrogens (tertiary/aromatic N) is 2. The molecule has 0 aliphatic heterocycles. The summed E-state index contributed by atoms with van der Waals surface area (Å²) in [6, 6.07) is 11.3. The number of pyridine rings is 1. The van der Waals surface area contributed by atoms with Crippen LogP contribution in [0.1, 0.15) is 28.9 Å². The lowest BCUT2D eigenvalue weighted by molar-refractivity contribution is 0.0742. The highest BCUT2D eigenvalue weighted by atomic mass is 35.5. The van der Waals surface area contributed by atoms with Gasteiger partial charge in [-0.1, -0.05) is 53.5 Å². The Labute approximate surface area is 128 Å². The maximum absolute atomic E-state index is 12.4. The normalized spacial score (nSPS) is 12.0. The number of halogens is 2. The second-order valence-corrected chi connectivity index (χ2v) is 5.26. The van der Waals surface area contributed by atoms with Crippen LogP contribution in [0.15, 0.2) is 42.6 Å². The number of hydrogen-bond acceptors (Lipinski definition) is 2. The molecule has 1 unspecified atom stereocenters. The van der Waals surface area contributed by atoms with E-state index in [0.29, 0.717) is 5.56 Å². The second kappa shape index (κ2) is 6.25. The third-order valence-corrected chi connectivity index (χ3v) is 3.91. The number of hydrogen-bond donors (Lipinski definition) is 0. The van der Waals surface area contributed by atoms with Crippen LogP contribution in [0.2, 0.25) is 10.2 Å². The molecule has 0 N–H and O–H groups in total. The van der Waals surface area contributed by atoms with Crippen LogP contribution in [0.4, 0.5) is 0 Å². The predicted molar refractivity (Wildman–Crippen MR) is 81.2 cm³/mol. The van der Waals surface area contributed by atoms with Crippen molar-refractivity contribution in [1.82, 2.24) is 9.88 Å². The molecule has 0 fully saturated rings. The van der Waals surface area contributed by atoms with Crippen LogP contribution in [0.25, 0.3) is 0 Å². The first-order chi connectivity index (χ1) is 9.50. The van der Waals surface area contributed by atoms with Gasteiger partial charge in [-0.2, -0.15) is 0 Å². The van der Waals surface area contributed by atoms with E-state index in [1.54, 1.807) is 11.9 Å². The Bertz CT molecular complexity index is 617. The molecule has 0 aliphatic carbocycles. The summed E-state index contributed by atoms with van der Waals surface area (Å²) in [5.74, 6) is -0.146. The third-order valence-electron chi connectivity index (χ3n) is 3.23. The van der Waals surface area contributed by atoms with Gasteiger partial charge in [-0.15, -0.1) is 0 Å². The van der Waals surface area contributed by atoms with Crippen molar-refractivity contribution >= 4 is 29.1 Å². The zero-order valence-electron chi connectivity index (χ0n) is 11.2. The SMILES string of the molecule is CC(c1ccccc1)N(C)C(=O)c1cnc(Cl)c(Cl)c1. The summed E-state index contributed by atoms with van der Waals surface area (Å²) in [5.41, 5.74) is 1.49. The van der Waals surface area contributed by atoms with E-state index < -0.39 is 0 Å². The van der Waals surface area contributed by atoms with Crippen molar-refractivity contribution in [3.63, 3.8) is 0 Å². The van der Waals surface area contributed by atoms with E-state index in [1.807, 2.05) is 37.3 Å². The van der Waals surface area contributed by atoms with E-state index in [4.69, 9.17) is 23.2 Å². The van der Waals surface area contributed by atoms with E-state index in [2.05, 4.69) is 4.98 Å². The molecule has 0 bridgehead atoms. The van der Waals surface area contributed by atoms with E-state index in [0.717, 1.165) is 5.56 Å². The Morgan fingerprint density at radius 1 is 1.25 bits per heavy atom. The van der Waals surface area contributed by atoms with Crippen LogP contribution in [0, 0.1) is 0 Å². The molecule has 20 heavy (non-hydrogen) atoms. The number of aromatic nitrogens is 1. The summed E-state index contributed by atoms with van der Waals surface area (Å²) in [7, 11) is 1.75. The van der Waals surface area contributed by atoms with Crippen molar-refractivity contribution in [1.29, 1.82) is 0 Å². The quantitative estimate of drug-likeness (QED) is 0.795. The lowest BCUT2D eigenvalue weighted by Gasteiger charge is -2.25. The average molecular weight is 309 g/mol. The summed E-state index contributed by atoms with van der Waals surface area (Å²) in [5, 5.41) is 0.472. The summed E-state index contributed by atoms with van der Waals surface area (Å²) >= 11 is 11.6. The fourth-order valence-electron chi connectivity index (χ4n) is 1.87. The number of carbonyl (C=O) groups excluding carboxylic acids is 1. The molecule has 2 aromatic rings. The number of carbonyl (C=O) groups is 1. The van der Waals surface area contributed by atoms with Crippen molar-refractivity contribution in [3.8, 4) is 0 Å². The van der Waals surface area contributed by atoms with Gasteiger partial charge in [0.05, 0.1) is 16.6 Å². The standard InChI is InChI=1S/C15H14Cl2N2O/c1-10(11-6-4-3-5-7-11)19(2)15(20)12-8-13(16)14(17)18-9-12/h3-10H,1-2H3. The Morgan fingerprint density at radius 2 is 1.90 bits per heavy atom. The number of benzene rings is 1. The molecule has 1 amide bonds. The lowest BCUT2D eigenvalue weighted by atomic mass is 10.1. The molecule has 0 saturated heterocycles. The Balaban J connectivity index is 2.22. The van der Waals surface area contributed by atoms with Crippen molar-refractivity contribution in [2.75, 3.05) is 7.05 Å². The first-order valence-corrected chi connectivity index (χ1v) is 6.89. The van der Waals surface area contributed by atoms with Crippen molar-refractivity contribution in [2.45, 2.75) is 13.0 Å². The molecule has 0 radical (unpaired) electrons. The fraction of sp³-hybridized carbons (Fsp3) is 0.200. The Kier molecular flexibility index (Phi) is 4.63. The van der Waals surface area contributed by atoms with Gasteiger partial charge < -0.3 is 4.90 Å². The van der Waals surface area contributed by atoms with Gasteiger partial charge in [0.15, 0.2) is 0 Å². The van der Waals surface area contributed by atoms with Crippen LogP contribution >= 0.6 is 23.2 Å². The molecule has 0 aliphatic rings. The maximum atomic E-state index is 12.4. The van der Waals surface area contributed by atoms with Crippen LogP contribution < -0.4 is 0 Å². The van der Waals surface area contributed by atoms with E-state index in [9.17, 15) is 4.79 Å².